The summed E-state index contributed by atoms with van der Waals surface area (Å²) in [7, 11) is 1.60. The molecule has 108 valence electrons. The fourth-order valence-electron chi connectivity index (χ4n) is 2.45. The lowest BCUT2D eigenvalue weighted by Crippen LogP contribution is -2.16. The van der Waals surface area contributed by atoms with Crippen LogP contribution in [0, 0.1) is 6.92 Å². The van der Waals surface area contributed by atoms with E-state index in [1.54, 1.807) is 11.6 Å². The van der Waals surface area contributed by atoms with Gasteiger partial charge in [-0.05, 0) is 19.8 Å². The van der Waals surface area contributed by atoms with Gasteiger partial charge in [-0.3, -0.25) is 4.68 Å². The van der Waals surface area contributed by atoms with Gasteiger partial charge in [-0.15, -0.1) is 10.2 Å². The number of aryl methyl sites for hydroxylation is 1. The fraction of sp³-hybridized carbons (Fsp3) is 0.545. The summed E-state index contributed by atoms with van der Waals surface area (Å²) in [6.07, 6.45) is 4.45. The normalized spacial score (nSPS) is 15.3. The largest absolute Gasteiger partial charge is 0.313 e. The van der Waals surface area contributed by atoms with E-state index in [2.05, 4.69) is 19.9 Å². The van der Waals surface area contributed by atoms with Crippen molar-refractivity contribution in [3.05, 3.63) is 23.5 Å². The van der Waals surface area contributed by atoms with Crippen molar-refractivity contribution in [3.8, 4) is 0 Å². The van der Waals surface area contributed by atoms with Crippen LogP contribution in [-0.4, -0.2) is 33.0 Å². The summed E-state index contributed by atoms with van der Waals surface area (Å²) in [5.74, 6) is 1.78. The molecule has 0 aliphatic carbocycles. The zero-order valence-electron chi connectivity index (χ0n) is 11.0. The standard InChI is InChI=1S/C11H14ClN5O2S/c1-8-9(20(12,18)19)6-13-17(8)7-11-15-14-10-4-2-3-5-16(10)11/h6H,2-5,7H2,1H3. The SMILES string of the molecule is Cc1c(S(=O)(=O)Cl)cnn1Cc1nnc2n1CCCC2. The number of rotatable bonds is 3. The summed E-state index contributed by atoms with van der Waals surface area (Å²) < 4.78 is 26.4. The molecule has 0 saturated heterocycles. The van der Waals surface area contributed by atoms with Gasteiger partial charge < -0.3 is 4.57 Å². The lowest BCUT2D eigenvalue weighted by molar-refractivity contribution is 0.494. The molecule has 3 rings (SSSR count). The second-order valence-electron chi connectivity index (χ2n) is 4.83. The van der Waals surface area contributed by atoms with Crippen LogP contribution in [-0.2, 0) is 28.6 Å². The smallest absolute Gasteiger partial charge is 0.264 e. The van der Waals surface area contributed by atoms with Gasteiger partial charge in [0.05, 0.1) is 11.9 Å². The summed E-state index contributed by atoms with van der Waals surface area (Å²) in [6.45, 7) is 2.97. The quantitative estimate of drug-likeness (QED) is 0.792. The first-order chi connectivity index (χ1) is 9.47. The van der Waals surface area contributed by atoms with E-state index in [-0.39, 0.29) is 4.90 Å². The van der Waals surface area contributed by atoms with Crippen LogP contribution >= 0.6 is 10.7 Å². The summed E-state index contributed by atoms with van der Waals surface area (Å²) in [5.41, 5.74) is 0.508. The molecule has 0 N–H and O–H groups in total. The van der Waals surface area contributed by atoms with Crippen LogP contribution in [0.15, 0.2) is 11.1 Å². The molecule has 0 radical (unpaired) electrons. The predicted octanol–water partition coefficient (Wildman–Crippen LogP) is 1.10. The molecule has 0 bridgehead atoms. The van der Waals surface area contributed by atoms with Crippen LogP contribution in [0.2, 0.25) is 0 Å². The Bertz CT molecular complexity index is 749. The van der Waals surface area contributed by atoms with Gasteiger partial charge in [0.15, 0.2) is 5.82 Å². The number of halogens is 1. The molecule has 0 spiro atoms. The summed E-state index contributed by atoms with van der Waals surface area (Å²) in [5, 5.41) is 12.4. The number of hydrogen-bond acceptors (Lipinski definition) is 5. The highest BCUT2D eigenvalue weighted by molar-refractivity contribution is 8.13. The molecule has 3 heterocycles. The first kappa shape index (κ1) is 13.6. The Labute approximate surface area is 121 Å². The number of nitrogens with zero attached hydrogens (tertiary/aromatic N) is 5. The average molecular weight is 316 g/mol. The van der Waals surface area contributed by atoms with Crippen molar-refractivity contribution >= 4 is 19.7 Å². The maximum atomic E-state index is 11.4. The molecule has 2 aromatic rings. The van der Waals surface area contributed by atoms with E-state index in [0.717, 1.165) is 37.5 Å². The average Bonchev–Trinajstić information content (AvgIpc) is 2.95. The Kier molecular flexibility index (Phi) is 3.29. The van der Waals surface area contributed by atoms with Gasteiger partial charge in [0.25, 0.3) is 9.05 Å². The Balaban J connectivity index is 1.93. The molecule has 0 unspecified atom stereocenters. The van der Waals surface area contributed by atoms with Crippen molar-refractivity contribution in [1.82, 2.24) is 24.5 Å². The maximum Gasteiger partial charge on any atom is 0.264 e. The number of hydrogen-bond donors (Lipinski definition) is 0. The van der Waals surface area contributed by atoms with Crippen LogP contribution in [0.3, 0.4) is 0 Å². The third-order valence-electron chi connectivity index (χ3n) is 3.55. The van der Waals surface area contributed by atoms with E-state index in [9.17, 15) is 8.42 Å². The molecule has 0 fully saturated rings. The molecule has 20 heavy (non-hydrogen) atoms. The molecule has 0 aromatic carbocycles. The zero-order valence-corrected chi connectivity index (χ0v) is 12.5. The van der Waals surface area contributed by atoms with E-state index >= 15 is 0 Å². The molecular weight excluding hydrogens is 302 g/mol. The lowest BCUT2D eigenvalue weighted by atomic mass is 10.2. The van der Waals surface area contributed by atoms with E-state index in [0.29, 0.717) is 12.2 Å². The van der Waals surface area contributed by atoms with Crippen LogP contribution in [0.1, 0.15) is 30.2 Å². The monoisotopic (exact) mass is 315 g/mol. The van der Waals surface area contributed by atoms with Gasteiger partial charge in [0, 0.05) is 23.6 Å². The molecule has 1 aliphatic heterocycles. The van der Waals surface area contributed by atoms with Crippen LogP contribution < -0.4 is 0 Å². The van der Waals surface area contributed by atoms with Crippen molar-refractivity contribution in [1.29, 1.82) is 0 Å². The molecule has 1 aliphatic rings. The number of fused-ring (bicyclic) bond motifs is 1. The first-order valence-electron chi connectivity index (χ1n) is 6.35. The Morgan fingerprint density at radius 2 is 2.15 bits per heavy atom. The molecular formula is C11H14ClN5O2S. The van der Waals surface area contributed by atoms with Gasteiger partial charge in [0.1, 0.15) is 17.3 Å². The third kappa shape index (κ3) is 2.33. The summed E-state index contributed by atoms with van der Waals surface area (Å²) in [4.78, 5) is 0.0394. The Hall–Kier alpha value is -1.41. The highest BCUT2D eigenvalue weighted by atomic mass is 35.7. The summed E-state index contributed by atoms with van der Waals surface area (Å²) in [6, 6.07) is 0. The second-order valence-corrected chi connectivity index (χ2v) is 7.37. The van der Waals surface area contributed by atoms with Gasteiger partial charge in [-0.25, -0.2) is 8.42 Å². The first-order valence-corrected chi connectivity index (χ1v) is 8.66. The second kappa shape index (κ2) is 4.85. The highest BCUT2D eigenvalue weighted by Gasteiger charge is 2.21. The lowest BCUT2D eigenvalue weighted by Gasteiger charge is -2.14. The van der Waals surface area contributed by atoms with Crippen molar-refractivity contribution in [3.63, 3.8) is 0 Å². The zero-order chi connectivity index (χ0) is 14.3. The minimum atomic E-state index is -3.76. The van der Waals surface area contributed by atoms with Gasteiger partial charge in [-0.1, -0.05) is 0 Å². The van der Waals surface area contributed by atoms with E-state index in [1.807, 2.05) is 0 Å². The predicted molar refractivity (Wildman–Crippen MR) is 72.1 cm³/mol. The minimum Gasteiger partial charge on any atom is -0.313 e. The van der Waals surface area contributed by atoms with Gasteiger partial charge in [-0.2, -0.15) is 5.10 Å². The third-order valence-corrected chi connectivity index (χ3v) is 4.97. The van der Waals surface area contributed by atoms with Gasteiger partial charge in [0.2, 0.25) is 0 Å². The summed E-state index contributed by atoms with van der Waals surface area (Å²) >= 11 is 0. The Morgan fingerprint density at radius 3 is 2.85 bits per heavy atom. The molecule has 7 nitrogen and oxygen atoms in total. The van der Waals surface area contributed by atoms with Crippen molar-refractivity contribution < 1.29 is 8.42 Å². The highest BCUT2D eigenvalue weighted by Crippen LogP contribution is 2.20. The van der Waals surface area contributed by atoms with E-state index in [4.69, 9.17) is 10.7 Å². The topological polar surface area (TPSA) is 82.7 Å². The van der Waals surface area contributed by atoms with Crippen molar-refractivity contribution in [2.45, 2.75) is 44.2 Å². The van der Waals surface area contributed by atoms with E-state index in [1.165, 1.54) is 6.20 Å². The van der Waals surface area contributed by atoms with Crippen LogP contribution in [0.4, 0.5) is 0 Å². The number of aromatic nitrogens is 5. The fourth-order valence-corrected chi connectivity index (χ4v) is 3.53. The minimum absolute atomic E-state index is 0.0394. The molecule has 9 heteroatoms. The maximum absolute atomic E-state index is 11.4. The molecule has 0 amide bonds. The molecule has 2 aromatic heterocycles. The van der Waals surface area contributed by atoms with E-state index < -0.39 is 9.05 Å². The molecule has 0 atom stereocenters. The van der Waals surface area contributed by atoms with Crippen LogP contribution in [0.25, 0.3) is 0 Å². The van der Waals surface area contributed by atoms with Crippen molar-refractivity contribution in [2.24, 2.45) is 0 Å². The Morgan fingerprint density at radius 1 is 1.35 bits per heavy atom. The van der Waals surface area contributed by atoms with Crippen LogP contribution in [0.5, 0.6) is 0 Å². The molecule has 0 saturated carbocycles. The van der Waals surface area contributed by atoms with Crippen molar-refractivity contribution in [2.75, 3.05) is 0 Å². The van der Waals surface area contributed by atoms with Gasteiger partial charge >= 0.3 is 0 Å².